The Labute approximate surface area is 161 Å². The Balaban J connectivity index is 1.46. The van der Waals surface area contributed by atoms with Crippen molar-refractivity contribution in [3.8, 4) is 11.4 Å². The molecule has 0 fully saturated rings. The monoisotopic (exact) mass is 383 g/mol. The molecule has 0 amide bonds. The first-order valence-electron chi connectivity index (χ1n) is 8.45. The smallest absolute Gasteiger partial charge is 0.227 e. The second-order valence-electron chi connectivity index (χ2n) is 6.81. The lowest BCUT2D eigenvalue weighted by atomic mass is 9.87. The van der Waals surface area contributed by atoms with Crippen LogP contribution in [-0.4, -0.2) is 15.1 Å². The van der Waals surface area contributed by atoms with Crippen molar-refractivity contribution in [3.63, 3.8) is 0 Å². The topological polar surface area (TPSA) is 76.3 Å². The summed E-state index contributed by atoms with van der Waals surface area (Å²) in [6.07, 6.45) is 5.77. The Morgan fingerprint density at radius 2 is 2.00 bits per heavy atom. The lowest BCUT2D eigenvalue weighted by Crippen LogP contribution is -2.29. The molecule has 0 unspecified atom stereocenters. The third-order valence-corrected chi connectivity index (χ3v) is 4.45. The number of allylic oxidation sites excluding steroid dienone is 1. The highest BCUT2D eigenvalue weighted by Gasteiger charge is 2.33. The first kappa shape index (κ1) is 17.4. The van der Waals surface area contributed by atoms with Crippen LogP contribution in [0.25, 0.3) is 11.4 Å². The predicted molar refractivity (Wildman–Crippen MR) is 101 cm³/mol. The van der Waals surface area contributed by atoms with Gasteiger partial charge in [0.15, 0.2) is 5.76 Å². The van der Waals surface area contributed by atoms with Gasteiger partial charge in [-0.3, -0.25) is 10.4 Å². The van der Waals surface area contributed by atoms with Gasteiger partial charge in [-0.05, 0) is 24.3 Å². The van der Waals surface area contributed by atoms with Crippen LogP contribution in [0.4, 0.5) is 5.69 Å². The number of rotatable bonds is 5. The number of anilines is 1. The van der Waals surface area contributed by atoms with Gasteiger partial charge in [-0.25, -0.2) is 0 Å². The maximum atomic E-state index is 6.03. The van der Waals surface area contributed by atoms with E-state index in [4.69, 9.17) is 21.0 Å². The van der Waals surface area contributed by atoms with Crippen LogP contribution in [0.1, 0.15) is 19.7 Å². The van der Waals surface area contributed by atoms with Crippen LogP contribution in [0.5, 0.6) is 0 Å². The summed E-state index contributed by atoms with van der Waals surface area (Å²) >= 11 is 6.03. The minimum Gasteiger partial charge on any atom is -0.362 e. The predicted octanol–water partition coefficient (Wildman–Crippen LogP) is 4.15. The van der Waals surface area contributed by atoms with E-state index in [-0.39, 0.29) is 5.41 Å². The number of pyridine rings is 1. The summed E-state index contributed by atoms with van der Waals surface area (Å²) in [6, 6.07) is 11.1. The summed E-state index contributed by atoms with van der Waals surface area (Å²) in [7, 11) is 0. The molecule has 0 atom stereocenters. The van der Waals surface area contributed by atoms with E-state index < -0.39 is 0 Å². The van der Waals surface area contributed by atoms with E-state index >= 15 is 0 Å². The highest BCUT2D eigenvalue weighted by molar-refractivity contribution is 6.30. The number of aromatic nitrogens is 3. The molecule has 3 aromatic rings. The first-order chi connectivity index (χ1) is 13.0. The number of halogens is 1. The Kier molecular flexibility index (Phi) is 4.45. The molecule has 4 rings (SSSR count). The van der Waals surface area contributed by atoms with Crippen molar-refractivity contribution >= 4 is 17.3 Å². The fourth-order valence-corrected chi connectivity index (χ4v) is 2.92. The number of hydrogen-bond acceptors (Lipinski definition) is 7. The number of nitrogens with zero attached hydrogens (tertiary/aromatic N) is 4. The molecule has 7 nitrogen and oxygen atoms in total. The summed E-state index contributed by atoms with van der Waals surface area (Å²) in [5.41, 5.74) is 4.41. The average Bonchev–Trinajstić information content (AvgIpc) is 3.32. The zero-order valence-electron chi connectivity index (χ0n) is 14.9. The van der Waals surface area contributed by atoms with Crippen molar-refractivity contribution in [1.29, 1.82) is 0 Å². The summed E-state index contributed by atoms with van der Waals surface area (Å²) in [5.74, 6) is 1.81. The zero-order chi connectivity index (χ0) is 18.9. The van der Waals surface area contributed by atoms with E-state index in [1.54, 1.807) is 29.7 Å². The lowest BCUT2D eigenvalue weighted by molar-refractivity contribution is 0.129. The lowest BCUT2D eigenvalue weighted by Gasteiger charge is -2.25. The van der Waals surface area contributed by atoms with Crippen LogP contribution in [0.3, 0.4) is 0 Å². The zero-order valence-corrected chi connectivity index (χ0v) is 15.6. The largest absolute Gasteiger partial charge is 0.362 e. The fourth-order valence-electron chi connectivity index (χ4n) is 2.73. The molecule has 27 heavy (non-hydrogen) atoms. The average molecular weight is 384 g/mol. The second kappa shape index (κ2) is 6.92. The van der Waals surface area contributed by atoms with Gasteiger partial charge in [0.05, 0.1) is 6.20 Å². The van der Waals surface area contributed by atoms with Crippen molar-refractivity contribution < 1.29 is 9.36 Å². The molecule has 1 aromatic carbocycles. The Bertz CT molecular complexity index is 971. The highest BCUT2D eigenvalue weighted by atomic mass is 35.5. The molecule has 1 aliphatic heterocycles. The van der Waals surface area contributed by atoms with E-state index in [0.29, 0.717) is 23.2 Å². The third kappa shape index (κ3) is 3.73. The van der Waals surface area contributed by atoms with Crippen LogP contribution in [-0.2, 0) is 11.3 Å². The minimum absolute atomic E-state index is 0.354. The van der Waals surface area contributed by atoms with Gasteiger partial charge >= 0.3 is 0 Å². The number of benzene rings is 1. The molecule has 0 spiro atoms. The molecular formula is C19H18ClN5O2. The Hall–Kier alpha value is -3.06. The molecule has 1 aliphatic rings. The molecule has 138 valence electrons. The molecule has 0 aliphatic carbocycles. The van der Waals surface area contributed by atoms with Crippen molar-refractivity contribution in [1.82, 2.24) is 20.6 Å². The molecule has 8 heteroatoms. The van der Waals surface area contributed by atoms with Gasteiger partial charge in [0.2, 0.25) is 11.7 Å². The molecule has 0 radical (unpaired) electrons. The van der Waals surface area contributed by atoms with Crippen molar-refractivity contribution in [2.45, 2.75) is 20.3 Å². The quantitative estimate of drug-likeness (QED) is 0.709. The van der Waals surface area contributed by atoms with Gasteiger partial charge in [-0.2, -0.15) is 4.98 Å². The summed E-state index contributed by atoms with van der Waals surface area (Å²) in [6.45, 7) is 4.11. The molecule has 0 bridgehead atoms. The molecule has 2 aromatic heterocycles. The maximum absolute atomic E-state index is 6.03. The number of nitrogens with one attached hydrogen (secondary N) is 1. The fraction of sp³-hybridized carbons (Fsp3) is 0.211. The molecule has 0 saturated carbocycles. The van der Waals surface area contributed by atoms with E-state index in [0.717, 1.165) is 17.0 Å². The first-order valence-corrected chi connectivity index (χ1v) is 8.82. The SMILES string of the molecule is CC(C)(Cc1nc(-c2cccc(Cl)c2)no1)C1=CNN(c2ccncc2)O1. The van der Waals surface area contributed by atoms with E-state index in [9.17, 15) is 0 Å². The number of hydrazine groups is 1. The normalized spacial score (nSPS) is 13.9. The third-order valence-electron chi connectivity index (χ3n) is 4.21. The maximum Gasteiger partial charge on any atom is 0.227 e. The van der Waals surface area contributed by atoms with Crippen LogP contribution in [0.2, 0.25) is 5.02 Å². The van der Waals surface area contributed by atoms with Gasteiger partial charge in [0, 0.05) is 34.8 Å². The molecular weight excluding hydrogens is 366 g/mol. The van der Waals surface area contributed by atoms with Crippen molar-refractivity contribution in [3.05, 3.63) is 71.7 Å². The standard InChI is InChI=1S/C19H18ClN5O2/c1-19(2,16-12-22-25(27-16)15-6-8-21-9-7-15)11-17-23-18(24-26-17)13-4-3-5-14(20)10-13/h3-10,12,22H,11H2,1-2H3. The van der Waals surface area contributed by atoms with Crippen molar-refractivity contribution in [2.24, 2.45) is 5.41 Å². The van der Waals surface area contributed by atoms with Crippen LogP contribution in [0.15, 0.2) is 65.3 Å². The summed E-state index contributed by atoms with van der Waals surface area (Å²) < 4.78 is 5.44. The van der Waals surface area contributed by atoms with E-state index in [2.05, 4.69) is 34.4 Å². The summed E-state index contributed by atoms with van der Waals surface area (Å²) in [4.78, 5) is 14.4. The van der Waals surface area contributed by atoms with Gasteiger partial charge in [0.25, 0.3) is 0 Å². The Morgan fingerprint density at radius 1 is 1.19 bits per heavy atom. The molecule has 3 heterocycles. The minimum atomic E-state index is -0.354. The molecule has 0 saturated heterocycles. The van der Waals surface area contributed by atoms with Crippen LogP contribution >= 0.6 is 11.6 Å². The van der Waals surface area contributed by atoms with Gasteiger partial charge in [-0.1, -0.05) is 42.7 Å². The highest BCUT2D eigenvalue weighted by Crippen LogP contribution is 2.34. The Morgan fingerprint density at radius 3 is 2.78 bits per heavy atom. The number of hydrogen-bond donors (Lipinski definition) is 1. The van der Waals surface area contributed by atoms with Gasteiger partial charge < -0.3 is 9.36 Å². The van der Waals surface area contributed by atoms with Crippen LogP contribution < -0.4 is 10.6 Å². The van der Waals surface area contributed by atoms with Crippen LogP contribution in [0, 0.1) is 5.41 Å². The van der Waals surface area contributed by atoms with Gasteiger partial charge in [-0.15, -0.1) is 5.17 Å². The van der Waals surface area contributed by atoms with Crippen molar-refractivity contribution in [2.75, 3.05) is 5.17 Å². The second-order valence-corrected chi connectivity index (χ2v) is 7.25. The van der Waals surface area contributed by atoms with Gasteiger partial charge in [0.1, 0.15) is 5.69 Å². The molecule has 1 N–H and O–H groups in total. The summed E-state index contributed by atoms with van der Waals surface area (Å²) in [5, 5.41) is 6.28. The van der Waals surface area contributed by atoms with E-state index in [1.807, 2.05) is 30.5 Å². The van der Waals surface area contributed by atoms with E-state index in [1.165, 1.54) is 0 Å².